The van der Waals surface area contributed by atoms with Crippen LogP contribution in [-0.4, -0.2) is 49.0 Å². The Balaban J connectivity index is 1.52. The molecule has 0 aliphatic rings. The minimum absolute atomic E-state index is 0.00399. The molecule has 0 bridgehead atoms. The van der Waals surface area contributed by atoms with Crippen LogP contribution in [0.5, 0.6) is 0 Å². The van der Waals surface area contributed by atoms with E-state index >= 15 is 0 Å². The monoisotopic (exact) mass is 417 g/mol. The average Bonchev–Trinajstić information content (AvgIpc) is 3.39. The van der Waals surface area contributed by atoms with Crippen molar-refractivity contribution < 1.29 is 9.53 Å². The van der Waals surface area contributed by atoms with Crippen LogP contribution < -0.4 is 5.32 Å². The zero-order chi connectivity index (χ0) is 21.6. The van der Waals surface area contributed by atoms with Gasteiger partial charge in [0.25, 0.3) is 0 Å². The fourth-order valence-corrected chi connectivity index (χ4v) is 3.19. The molecule has 0 aliphatic carbocycles. The maximum absolute atomic E-state index is 11.7. The Hall–Kier alpha value is -3.85. The second-order valence-corrected chi connectivity index (χ2v) is 7.05. The molecule has 1 N–H and O–H groups in total. The molecular formula is C22H23N7O2. The number of allylic oxidation sites excluding steroid dienone is 1. The van der Waals surface area contributed by atoms with Crippen molar-refractivity contribution in [3.8, 4) is 0 Å². The van der Waals surface area contributed by atoms with E-state index in [1.54, 1.807) is 30.4 Å². The molecule has 3 aromatic heterocycles. The van der Waals surface area contributed by atoms with Crippen molar-refractivity contribution in [2.24, 2.45) is 0 Å². The van der Waals surface area contributed by atoms with Gasteiger partial charge in [0.2, 0.25) is 5.95 Å². The number of methoxy groups -OCH3 is 1. The molecule has 0 atom stereocenters. The number of hydrogen-bond acceptors (Lipinski definition) is 7. The molecule has 9 heteroatoms. The standard InChI is InChI=1S/C22H23N7O2/c1-3-20(30)10-16-5-4-6-17(9-16)14-29-21-18(12-25-29)11-23-22(27-21)26-19-13-24-28(15-19)7-8-31-2/h3-6,9,11-13,15H,1,7-8,10,14H2,2H3,(H,23,26,27). The van der Waals surface area contributed by atoms with Crippen LogP contribution >= 0.6 is 0 Å². The number of carbonyl (C=O) groups excluding carboxylic acids is 1. The van der Waals surface area contributed by atoms with Gasteiger partial charge in [-0.2, -0.15) is 15.2 Å². The number of benzene rings is 1. The third-order valence-corrected chi connectivity index (χ3v) is 4.72. The highest BCUT2D eigenvalue weighted by atomic mass is 16.5. The van der Waals surface area contributed by atoms with Gasteiger partial charge in [-0.1, -0.05) is 30.8 Å². The molecule has 0 spiro atoms. The van der Waals surface area contributed by atoms with Gasteiger partial charge in [-0.15, -0.1) is 0 Å². The first kappa shape index (κ1) is 20.4. The van der Waals surface area contributed by atoms with Crippen LogP contribution in [0.25, 0.3) is 11.0 Å². The number of aromatic nitrogens is 6. The van der Waals surface area contributed by atoms with Crippen molar-refractivity contribution in [3.63, 3.8) is 0 Å². The van der Waals surface area contributed by atoms with Gasteiger partial charge in [0.1, 0.15) is 0 Å². The van der Waals surface area contributed by atoms with Gasteiger partial charge < -0.3 is 10.1 Å². The van der Waals surface area contributed by atoms with Crippen molar-refractivity contribution in [2.75, 3.05) is 19.0 Å². The molecule has 0 saturated heterocycles. The number of fused-ring (bicyclic) bond motifs is 1. The number of carbonyl (C=O) groups is 1. The number of rotatable bonds is 10. The Morgan fingerprint density at radius 1 is 1.23 bits per heavy atom. The maximum Gasteiger partial charge on any atom is 0.229 e. The SMILES string of the molecule is C=CC(=O)Cc1cccc(Cn2ncc3cnc(Nc4cnn(CCOC)c4)nc32)c1. The summed E-state index contributed by atoms with van der Waals surface area (Å²) in [6, 6.07) is 7.88. The quantitative estimate of drug-likeness (QED) is 0.396. The highest BCUT2D eigenvalue weighted by molar-refractivity contribution is 5.90. The zero-order valence-electron chi connectivity index (χ0n) is 17.2. The molecule has 0 saturated carbocycles. The van der Waals surface area contributed by atoms with Crippen LogP contribution in [0, 0.1) is 0 Å². The van der Waals surface area contributed by atoms with Crippen LogP contribution in [0.1, 0.15) is 11.1 Å². The van der Waals surface area contributed by atoms with Crippen LogP contribution in [0.2, 0.25) is 0 Å². The molecule has 4 aromatic rings. The van der Waals surface area contributed by atoms with Gasteiger partial charge in [0.15, 0.2) is 11.4 Å². The zero-order valence-corrected chi connectivity index (χ0v) is 17.2. The lowest BCUT2D eigenvalue weighted by Gasteiger charge is -2.07. The summed E-state index contributed by atoms with van der Waals surface area (Å²) in [5, 5.41) is 12.8. The number of ether oxygens (including phenoxy) is 1. The number of nitrogens with one attached hydrogen (secondary N) is 1. The minimum Gasteiger partial charge on any atom is -0.383 e. The lowest BCUT2D eigenvalue weighted by Crippen LogP contribution is -2.05. The molecule has 0 aliphatic heterocycles. The highest BCUT2D eigenvalue weighted by Gasteiger charge is 2.09. The van der Waals surface area contributed by atoms with Gasteiger partial charge in [-0.3, -0.25) is 9.48 Å². The largest absolute Gasteiger partial charge is 0.383 e. The maximum atomic E-state index is 11.7. The second-order valence-electron chi connectivity index (χ2n) is 7.05. The molecule has 1 aromatic carbocycles. The molecule has 158 valence electrons. The lowest BCUT2D eigenvalue weighted by molar-refractivity contribution is -0.114. The summed E-state index contributed by atoms with van der Waals surface area (Å²) in [7, 11) is 1.66. The number of hydrogen-bond donors (Lipinski definition) is 1. The second kappa shape index (κ2) is 9.31. The summed E-state index contributed by atoms with van der Waals surface area (Å²) in [5.41, 5.74) is 3.49. The van der Waals surface area contributed by atoms with Crippen molar-refractivity contribution in [1.82, 2.24) is 29.5 Å². The van der Waals surface area contributed by atoms with E-state index in [1.165, 1.54) is 6.08 Å². The summed E-state index contributed by atoms with van der Waals surface area (Å²) in [6.07, 6.45) is 8.76. The molecule has 0 amide bonds. The fraction of sp³-hybridized carbons (Fsp3) is 0.227. The average molecular weight is 417 g/mol. The number of nitrogens with zero attached hydrogens (tertiary/aromatic N) is 6. The van der Waals surface area contributed by atoms with E-state index in [0.29, 0.717) is 32.1 Å². The number of anilines is 2. The Labute approximate surface area is 179 Å². The fourth-order valence-electron chi connectivity index (χ4n) is 3.19. The summed E-state index contributed by atoms with van der Waals surface area (Å²) < 4.78 is 8.68. The van der Waals surface area contributed by atoms with E-state index in [4.69, 9.17) is 4.74 Å². The van der Waals surface area contributed by atoms with E-state index in [2.05, 4.69) is 32.1 Å². The van der Waals surface area contributed by atoms with E-state index in [0.717, 1.165) is 27.8 Å². The summed E-state index contributed by atoms with van der Waals surface area (Å²) >= 11 is 0. The van der Waals surface area contributed by atoms with Crippen molar-refractivity contribution in [1.29, 1.82) is 0 Å². The lowest BCUT2D eigenvalue weighted by atomic mass is 10.1. The van der Waals surface area contributed by atoms with Crippen LogP contribution in [0.4, 0.5) is 11.6 Å². The molecule has 3 heterocycles. The normalized spacial score (nSPS) is 11.0. The molecule has 0 unspecified atom stereocenters. The first-order valence-corrected chi connectivity index (χ1v) is 9.84. The molecule has 4 rings (SSSR count). The summed E-state index contributed by atoms with van der Waals surface area (Å²) in [6.45, 7) is 5.32. The molecule has 9 nitrogen and oxygen atoms in total. The summed E-state index contributed by atoms with van der Waals surface area (Å²) in [5.74, 6) is 0.460. The number of ketones is 1. The van der Waals surface area contributed by atoms with Gasteiger partial charge in [0.05, 0.1) is 43.2 Å². The van der Waals surface area contributed by atoms with E-state index in [9.17, 15) is 4.79 Å². The van der Waals surface area contributed by atoms with Gasteiger partial charge in [-0.25, -0.2) is 9.67 Å². The molecule has 0 fully saturated rings. The Morgan fingerprint density at radius 3 is 2.94 bits per heavy atom. The Bertz CT molecular complexity index is 1210. The van der Waals surface area contributed by atoms with Crippen LogP contribution in [-0.2, 0) is 29.0 Å². The molecule has 0 radical (unpaired) electrons. The van der Waals surface area contributed by atoms with Crippen molar-refractivity contribution in [2.45, 2.75) is 19.5 Å². The smallest absolute Gasteiger partial charge is 0.229 e. The Kier molecular flexibility index (Phi) is 6.13. The van der Waals surface area contributed by atoms with Gasteiger partial charge >= 0.3 is 0 Å². The van der Waals surface area contributed by atoms with E-state index < -0.39 is 0 Å². The topological polar surface area (TPSA) is 99.8 Å². The van der Waals surface area contributed by atoms with Gasteiger partial charge in [0, 0.05) is 25.9 Å². The van der Waals surface area contributed by atoms with Crippen molar-refractivity contribution in [3.05, 3.63) is 72.8 Å². The van der Waals surface area contributed by atoms with Crippen LogP contribution in [0.15, 0.2) is 61.7 Å². The van der Waals surface area contributed by atoms with Crippen molar-refractivity contribution >= 4 is 28.5 Å². The highest BCUT2D eigenvalue weighted by Crippen LogP contribution is 2.17. The third kappa shape index (κ3) is 5.01. The molecule has 31 heavy (non-hydrogen) atoms. The predicted octanol–water partition coefficient (Wildman–Crippen LogP) is 2.76. The third-order valence-electron chi connectivity index (χ3n) is 4.72. The first-order chi connectivity index (χ1) is 15.1. The summed E-state index contributed by atoms with van der Waals surface area (Å²) in [4.78, 5) is 20.7. The minimum atomic E-state index is -0.00399. The Morgan fingerprint density at radius 2 is 2.10 bits per heavy atom. The predicted molar refractivity (Wildman–Crippen MR) is 117 cm³/mol. The molecular weight excluding hydrogens is 394 g/mol. The first-order valence-electron chi connectivity index (χ1n) is 9.84. The van der Waals surface area contributed by atoms with Gasteiger partial charge in [-0.05, 0) is 17.2 Å². The van der Waals surface area contributed by atoms with Crippen LogP contribution in [0.3, 0.4) is 0 Å². The van der Waals surface area contributed by atoms with E-state index in [1.807, 2.05) is 35.1 Å². The van der Waals surface area contributed by atoms with E-state index in [-0.39, 0.29) is 5.78 Å².